The molecule has 1 fully saturated rings. The van der Waals surface area contributed by atoms with Crippen LogP contribution in [0.2, 0.25) is 0 Å². The van der Waals surface area contributed by atoms with Gasteiger partial charge in [0, 0.05) is 24.6 Å². The Hall–Kier alpha value is -3.47. The predicted octanol–water partition coefficient (Wildman–Crippen LogP) is 3.63. The molecule has 0 N–H and O–H groups in total. The average molecular weight is 385 g/mol. The molecule has 0 spiro atoms. The molecule has 29 heavy (non-hydrogen) atoms. The molecule has 1 atom stereocenters. The molecular weight excluding hydrogens is 362 g/mol. The first-order valence-corrected chi connectivity index (χ1v) is 9.84. The second-order valence-corrected chi connectivity index (χ2v) is 7.12. The Kier molecular flexibility index (Phi) is 5.66. The highest BCUT2D eigenvalue weighted by Crippen LogP contribution is 2.30. The van der Waals surface area contributed by atoms with Gasteiger partial charge in [0.15, 0.2) is 0 Å². The minimum absolute atomic E-state index is 0.0386. The quantitative estimate of drug-likeness (QED) is 0.651. The number of benzene rings is 2. The lowest BCUT2D eigenvalue weighted by Crippen LogP contribution is -2.56. The van der Waals surface area contributed by atoms with Gasteiger partial charge >= 0.3 is 0 Å². The lowest BCUT2D eigenvalue weighted by molar-refractivity contribution is -0.143. The minimum atomic E-state index is -0.629. The lowest BCUT2D eigenvalue weighted by atomic mass is 10.0. The van der Waals surface area contributed by atoms with Crippen LogP contribution in [0.4, 0.5) is 5.69 Å². The number of hydrogen-bond donors (Lipinski definition) is 0. The summed E-state index contributed by atoms with van der Waals surface area (Å²) in [6, 6.07) is 22.6. The van der Waals surface area contributed by atoms with Crippen LogP contribution in [0.25, 0.3) is 0 Å². The van der Waals surface area contributed by atoms with E-state index < -0.39 is 6.04 Å². The summed E-state index contributed by atoms with van der Waals surface area (Å²) in [6.45, 7) is 0.602. The van der Waals surface area contributed by atoms with E-state index in [1.54, 1.807) is 22.2 Å². The molecule has 2 amide bonds. The van der Waals surface area contributed by atoms with Gasteiger partial charge in [-0.3, -0.25) is 14.6 Å². The van der Waals surface area contributed by atoms with Crippen LogP contribution < -0.4 is 4.90 Å². The molecule has 0 bridgehead atoms. The number of pyridine rings is 1. The number of carbonyl (C=O) groups is 2. The maximum atomic E-state index is 13.4. The molecule has 0 aliphatic carbocycles. The van der Waals surface area contributed by atoms with Crippen molar-refractivity contribution in [2.45, 2.75) is 18.9 Å². The Labute approximate surface area is 170 Å². The first kappa shape index (κ1) is 18.9. The largest absolute Gasteiger partial charge is 0.325 e. The number of rotatable bonds is 6. The molecule has 2 heterocycles. The zero-order valence-electron chi connectivity index (χ0n) is 16.1. The van der Waals surface area contributed by atoms with Crippen LogP contribution in [0.1, 0.15) is 23.6 Å². The fraction of sp³-hybridized carbons (Fsp3) is 0.208. The Morgan fingerprint density at radius 1 is 0.862 bits per heavy atom. The van der Waals surface area contributed by atoms with Crippen LogP contribution in [0.3, 0.4) is 0 Å². The highest BCUT2D eigenvalue weighted by molar-refractivity contribution is 6.06. The third kappa shape index (κ3) is 4.19. The van der Waals surface area contributed by atoms with Gasteiger partial charge in [0.2, 0.25) is 5.91 Å². The van der Waals surface area contributed by atoms with Crippen molar-refractivity contribution in [3.63, 3.8) is 0 Å². The van der Waals surface area contributed by atoms with Gasteiger partial charge in [-0.15, -0.1) is 0 Å². The van der Waals surface area contributed by atoms with E-state index in [1.165, 1.54) is 5.56 Å². The zero-order valence-corrected chi connectivity index (χ0v) is 16.1. The number of aryl methyl sites for hydroxylation is 1. The van der Waals surface area contributed by atoms with Gasteiger partial charge in [-0.25, -0.2) is 0 Å². The molecule has 2 aromatic carbocycles. The summed E-state index contributed by atoms with van der Waals surface area (Å²) in [7, 11) is 0. The highest BCUT2D eigenvalue weighted by Gasteiger charge is 2.40. The van der Waals surface area contributed by atoms with Crippen LogP contribution in [-0.2, 0) is 16.0 Å². The fourth-order valence-corrected chi connectivity index (χ4v) is 3.78. The number of amides is 2. The summed E-state index contributed by atoms with van der Waals surface area (Å²) in [5, 5.41) is 0. The molecule has 5 heteroatoms. The summed E-state index contributed by atoms with van der Waals surface area (Å²) in [5.41, 5.74) is 2.77. The van der Waals surface area contributed by atoms with Crippen molar-refractivity contribution in [1.82, 2.24) is 9.88 Å². The number of carbonyl (C=O) groups excluding carboxylic acids is 2. The molecule has 4 rings (SSSR count). The number of para-hydroxylation sites is 1. The van der Waals surface area contributed by atoms with Gasteiger partial charge in [0.25, 0.3) is 5.91 Å². The SMILES string of the molecule is O=C1[C@@H](c2ccncc2)N(CCCc2ccccc2)C(=O)CN1c1ccccc1. The first-order chi connectivity index (χ1) is 14.2. The van der Waals surface area contributed by atoms with Crippen molar-refractivity contribution in [3.8, 4) is 0 Å². The number of nitrogens with zero attached hydrogens (tertiary/aromatic N) is 3. The molecule has 1 aliphatic rings. The van der Waals surface area contributed by atoms with Crippen LogP contribution in [0, 0.1) is 0 Å². The molecule has 0 saturated carbocycles. The van der Waals surface area contributed by atoms with Crippen LogP contribution in [0.15, 0.2) is 85.2 Å². The summed E-state index contributed by atoms with van der Waals surface area (Å²) in [5.74, 6) is -0.120. The van der Waals surface area contributed by atoms with Crippen molar-refractivity contribution in [3.05, 3.63) is 96.3 Å². The van der Waals surface area contributed by atoms with Crippen molar-refractivity contribution >= 4 is 17.5 Å². The maximum Gasteiger partial charge on any atom is 0.254 e. The molecule has 1 saturated heterocycles. The van der Waals surface area contributed by atoms with E-state index in [0.717, 1.165) is 24.1 Å². The maximum absolute atomic E-state index is 13.4. The van der Waals surface area contributed by atoms with E-state index in [1.807, 2.05) is 60.7 Å². The number of aromatic nitrogens is 1. The third-order valence-electron chi connectivity index (χ3n) is 5.22. The molecule has 146 valence electrons. The van der Waals surface area contributed by atoms with E-state index in [2.05, 4.69) is 17.1 Å². The fourth-order valence-electron chi connectivity index (χ4n) is 3.78. The second kappa shape index (κ2) is 8.69. The van der Waals surface area contributed by atoms with E-state index in [9.17, 15) is 9.59 Å². The Morgan fingerprint density at radius 2 is 1.52 bits per heavy atom. The summed E-state index contributed by atoms with van der Waals surface area (Å²) >= 11 is 0. The standard InChI is InChI=1S/C24H23N3O2/c28-22-18-27(21-11-5-2-6-12-21)24(29)23(20-13-15-25-16-14-20)26(22)17-7-10-19-8-3-1-4-9-19/h1-6,8-9,11-16,23H,7,10,17-18H2/t23-/m1/s1. The van der Waals surface area contributed by atoms with Gasteiger partial charge in [0.1, 0.15) is 12.6 Å². The summed E-state index contributed by atoms with van der Waals surface area (Å²) < 4.78 is 0. The average Bonchev–Trinajstić information content (AvgIpc) is 2.78. The summed E-state index contributed by atoms with van der Waals surface area (Å²) in [6.07, 6.45) is 4.99. The first-order valence-electron chi connectivity index (χ1n) is 9.84. The monoisotopic (exact) mass is 385 g/mol. The molecule has 3 aromatic rings. The Bertz CT molecular complexity index is 961. The van der Waals surface area contributed by atoms with E-state index in [0.29, 0.717) is 6.54 Å². The second-order valence-electron chi connectivity index (χ2n) is 7.12. The molecule has 1 aliphatic heterocycles. The Balaban J connectivity index is 1.58. The van der Waals surface area contributed by atoms with Crippen LogP contribution >= 0.6 is 0 Å². The summed E-state index contributed by atoms with van der Waals surface area (Å²) in [4.78, 5) is 33.9. The number of piperazine rings is 1. The van der Waals surface area contributed by atoms with Crippen molar-refractivity contribution in [1.29, 1.82) is 0 Å². The number of anilines is 1. The normalized spacial score (nSPS) is 16.9. The minimum Gasteiger partial charge on any atom is -0.325 e. The smallest absolute Gasteiger partial charge is 0.254 e. The van der Waals surface area contributed by atoms with Crippen molar-refractivity contribution < 1.29 is 9.59 Å². The van der Waals surface area contributed by atoms with Crippen LogP contribution in [0.5, 0.6) is 0 Å². The van der Waals surface area contributed by atoms with E-state index in [-0.39, 0.29) is 18.4 Å². The molecule has 0 unspecified atom stereocenters. The topological polar surface area (TPSA) is 53.5 Å². The number of hydrogen-bond acceptors (Lipinski definition) is 3. The van der Waals surface area contributed by atoms with Gasteiger partial charge in [-0.2, -0.15) is 0 Å². The zero-order chi connectivity index (χ0) is 20.1. The van der Waals surface area contributed by atoms with Crippen LogP contribution in [-0.4, -0.2) is 34.8 Å². The predicted molar refractivity (Wildman–Crippen MR) is 112 cm³/mol. The van der Waals surface area contributed by atoms with E-state index in [4.69, 9.17) is 0 Å². The highest BCUT2D eigenvalue weighted by atomic mass is 16.2. The van der Waals surface area contributed by atoms with Crippen molar-refractivity contribution in [2.75, 3.05) is 18.0 Å². The van der Waals surface area contributed by atoms with Crippen molar-refractivity contribution in [2.24, 2.45) is 0 Å². The van der Waals surface area contributed by atoms with Gasteiger partial charge in [-0.1, -0.05) is 48.5 Å². The van der Waals surface area contributed by atoms with Gasteiger partial charge < -0.3 is 9.80 Å². The van der Waals surface area contributed by atoms with E-state index >= 15 is 0 Å². The van der Waals surface area contributed by atoms with Gasteiger partial charge in [0.05, 0.1) is 0 Å². The molecule has 5 nitrogen and oxygen atoms in total. The third-order valence-corrected chi connectivity index (χ3v) is 5.22. The Morgan fingerprint density at radius 3 is 2.21 bits per heavy atom. The molecule has 0 radical (unpaired) electrons. The molecule has 1 aromatic heterocycles. The van der Waals surface area contributed by atoms with Gasteiger partial charge in [-0.05, 0) is 48.2 Å². The molecular formula is C24H23N3O2. The lowest BCUT2D eigenvalue weighted by Gasteiger charge is -2.40.